The van der Waals surface area contributed by atoms with Crippen LogP contribution in [0.3, 0.4) is 0 Å². The fraction of sp³-hybridized carbons (Fsp3) is 0.500. The van der Waals surface area contributed by atoms with Gasteiger partial charge in [-0.25, -0.2) is 9.97 Å². The highest BCUT2D eigenvalue weighted by Crippen LogP contribution is 2.22. The predicted molar refractivity (Wildman–Crippen MR) is 101 cm³/mol. The van der Waals surface area contributed by atoms with Gasteiger partial charge in [0.05, 0.1) is 5.56 Å². The van der Waals surface area contributed by atoms with E-state index in [1.807, 2.05) is 21.7 Å². The Bertz CT molecular complexity index is 706. The van der Waals surface area contributed by atoms with Gasteiger partial charge in [-0.15, -0.1) is 0 Å². The Morgan fingerprint density at radius 2 is 1.60 bits per heavy atom. The van der Waals surface area contributed by atoms with Gasteiger partial charge in [0.15, 0.2) is 0 Å². The topological polar surface area (TPSA) is 52.6 Å². The molecule has 0 spiro atoms. The van der Waals surface area contributed by atoms with Crippen LogP contribution in [0.25, 0.3) is 0 Å². The number of amides is 1. The lowest BCUT2D eigenvalue weighted by Crippen LogP contribution is -2.49. The molecule has 0 atom stereocenters. The minimum Gasteiger partial charge on any atom is -0.356 e. The predicted octanol–water partition coefficient (Wildman–Crippen LogP) is 2.49. The van der Waals surface area contributed by atoms with Crippen molar-refractivity contribution < 1.29 is 4.79 Å². The van der Waals surface area contributed by atoms with Crippen LogP contribution >= 0.6 is 11.3 Å². The molecule has 0 unspecified atom stereocenters. The van der Waals surface area contributed by atoms with Gasteiger partial charge in [0.2, 0.25) is 0 Å². The van der Waals surface area contributed by atoms with Crippen molar-refractivity contribution in [1.29, 1.82) is 0 Å². The van der Waals surface area contributed by atoms with E-state index < -0.39 is 0 Å². The largest absolute Gasteiger partial charge is 0.356 e. The number of hydrogen-bond donors (Lipinski definition) is 0. The average Bonchev–Trinajstić information content (AvgIpc) is 3.23. The molecule has 2 aliphatic rings. The normalized spacial score (nSPS) is 18.5. The number of piperazine rings is 1. The summed E-state index contributed by atoms with van der Waals surface area (Å²) in [6.45, 7) is 5.26. The standard InChI is InChI=1S/C18H23N5OS/c24-18(15-4-11-25-13-15)23-9-7-22(8-10-23)17-12-16(19-14-20-17)21-5-2-1-3-6-21/h4,11-14H,1-3,5-10H2. The van der Waals surface area contributed by atoms with Crippen LogP contribution in [0.2, 0.25) is 0 Å². The third-order valence-corrected chi connectivity index (χ3v) is 5.66. The van der Waals surface area contributed by atoms with E-state index in [0.717, 1.165) is 56.5 Å². The van der Waals surface area contributed by atoms with Gasteiger partial charge in [0.1, 0.15) is 18.0 Å². The van der Waals surface area contributed by atoms with Gasteiger partial charge in [0.25, 0.3) is 5.91 Å². The third-order valence-electron chi connectivity index (χ3n) is 4.98. The first-order valence-electron chi connectivity index (χ1n) is 8.95. The maximum atomic E-state index is 12.4. The molecule has 4 heterocycles. The number of hydrogen-bond acceptors (Lipinski definition) is 6. The van der Waals surface area contributed by atoms with E-state index in [0.29, 0.717) is 0 Å². The Labute approximate surface area is 152 Å². The van der Waals surface area contributed by atoms with Crippen molar-refractivity contribution in [1.82, 2.24) is 14.9 Å². The fourth-order valence-electron chi connectivity index (χ4n) is 3.51. The molecule has 2 aromatic rings. The van der Waals surface area contributed by atoms with Crippen molar-refractivity contribution in [2.24, 2.45) is 0 Å². The summed E-state index contributed by atoms with van der Waals surface area (Å²) in [7, 11) is 0. The van der Waals surface area contributed by atoms with Gasteiger partial charge in [-0.1, -0.05) is 0 Å². The minimum absolute atomic E-state index is 0.137. The maximum Gasteiger partial charge on any atom is 0.254 e. The molecule has 7 heteroatoms. The second kappa shape index (κ2) is 7.39. The Kier molecular flexibility index (Phi) is 4.83. The molecule has 1 amide bonds. The highest BCUT2D eigenvalue weighted by molar-refractivity contribution is 7.08. The number of rotatable bonds is 3. The van der Waals surface area contributed by atoms with Gasteiger partial charge in [-0.05, 0) is 30.7 Å². The Morgan fingerprint density at radius 3 is 2.24 bits per heavy atom. The number of thiophene rings is 1. The molecule has 2 aromatic heterocycles. The van der Waals surface area contributed by atoms with Crippen LogP contribution in [-0.4, -0.2) is 60.0 Å². The molecule has 0 aliphatic carbocycles. The minimum atomic E-state index is 0.137. The second-order valence-electron chi connectivity index (χ2n) is 6.57. The average molecular weight is 357 g/mol. The molecule has 0 N–H and O–H groups in total. The Hall–Kier alpha value is -2.15. The Balaban J connectivity index is 1.40. The van der Waals surface area contributed by atoms with Crippen molar-refractivity contribution >= 4 is 28.9 Å². The molecule has 25 heavy (non-hydrogen) atoms. The van der Waals surface area contributed by atoms with Crippen molar-refractivity contribution in [2.45, 2.75) is 19.3 Å². The molecule has 0 radical (unpaired) electrons. The van der Waals surface area contributed by atoms with E-state index >= 15 is 0 Å². The van der Waals surface area contributed by atoms with Gasteiger partial charge in [-0.3, -0.25) is 4.79 Å². The summed E-state index contributed by atoms with van der Waals surface area (Å²) in [5, 5.41) is 3.87. The molecular formula is C18H23N5OS. The highest BCUT2D eigenvalue weighted by Gasteiger charge is 2.23. The summed E-state index contributed by atoms with van der Waals surface area (Å²) in [6, 6.07) is 4.00. The molecule has 2 fully saturated rings. The van der Waals surface area contributed by atoms with E-state index in [1.54, 1.807) is 17.7 Å². The Morgan fingerprint density at radius 1 is 0.920 bits per heavy atom. The lowest BCUT2D eigenvalue weighted by Gasteiger charge is -2.36. The SMILES string of the molecule is O=C(c1ccsc1)N1CCN(c2cc(N3CCCCC3)ncn2)CC1. The van der Waals surface area contributed by atoms with Crippen LogP contribution in [0.15, 0.2) is 29.2 Å². The summed E-state index contributed by atoms with van der Waals surface area (Å²) >= 11 is 1.56. The summed E-state index contributed by atoms with van der Waals surface area (Å²) in [5.41, 5.74) is 0.799. The zero-order valence-electron chi connectivity index (χ0n) is 14.3. The highest BCUT2D eigenvalue weighted by atomic mass is 32.1. The number of nitrogens with zero attached hydrogens (tertiary/aromatic N) is 5. The smallest absolute Gasteiger partial charge is 0.254 e. The van der Waals surface area contributed by atoms with Crippen LogP contribution < -0.4 is 9.80 Å². The number of aromatic nitrogens is 2. The zero-order chi connectivity index (χ0) is 17.1. The monoisotopic (exact) mass is 357 g/mol. The molecule has 2 aliphatic heterocycles. The second-order valence-corrected chi connectivity index (χ2v) is 7.35. The van der Waals surface area contributed by atoms with Gasteiger partial charge in [0, 0.05) is 50.7 Å². The van der Waals surface area contributed by atoms with E-state index in [2.05, 4.69) is 25.8 Å². The zero-order valence-corrected chi connectivity index (χ0v) is 15.1. The summed E-state index contributed by atoms with van der Waals surface area (Å²) in [5.74, 6) is 2.14. The first-order valence-corrected chi connectivity index (χ1v) is 9.89. The lowest BCUT2D eigenvalue weighted by atomic mass is 10.1. The van der Waals surface area contributed by atoms with Crippen molar-refractivity contribution in [3.05, 3.63) is 34.8 Å². The summed E-state index contributed by atoms with van der Waals surface area (Å²) in [6.07, 6.45) is 5.46. The molecule has 0 aromatic carbocycles. The molecule has 132 valence electrons. The maximum absolute atomic E-state index is 12.4. The summed E-state index contributed by atoms with van der Waals surface area (Å²) < 4.78 is 0. The van der Waals surface area contributed by atoms with Gasteiger partial charge < -0.3 is 14.7 Å². The van der Waals surface area contributed by atoms with Crippen LogP contribution in [0.5, 0.6) is 0 Å². The molecule has 0 saturated carbocycles. The summed E-state index contributed by atoms with van der Waals surface area (Å²) in [4.78, 5) is 27.9. The number of carbonyl (C=O) groups is 1. The molecule has 0 bridgehead atoms. The van der Waals surface area contributed by atoms with Crippen LogP contribution in [0.1, 0.15) is 29.6 Å². The lowest BCUT2D eigenvalue weighted by molar-refractivity contribution is 0.0747. The van der Waals surface area contributed by atoms with E-state index in [9.17, 15) is 4.79 Å². The quantitative estimate of drug-likeness (QED) is 0.845. The van der Waals surface area contributed by atoms with Crippen LogP contribution in [-0.2, 0) is 0 Å². The van der Waals surface area contributed by atoms with Crippen LogP contribution in [0.4, 0.5) is 11.6 Å². The molecule has 6 nitrogen and oxygen atoms in total. The third kappa shape index (κ3) is 3.61. The van der Waals surface area contributed by atoms with Crippen LogP contribution in [0, 0.1) is 0 Å². The van der Waals surface area contributed by atoms with Crippen molar-refractivity contribution in [3.63, 3.8) is 0 Å². The van der Waals surface area contributed by atoms with Crippen molar-refractivity contribution in [3.8, 4) is 0 Å². The number of anilines is 2. The van der Waals surface area contributed by atoms with E-state index in [1.165, 1.54) is 19.3 Å². The van der Waals surface area contributed by atoms with E-state index in [-0.39, 0.29) is 5.91 Å². The number of piperidine rings is 1. The van der Waals surface area contributed by atoms with Gasteiger partial charge in [-0.2, -0.15) is 11.3 Å². The number of carbonyl (C=O) groups excluding carboxylic acids is 1. The van der Waals surface area contributed by atoms with Crippen molar-refractivity contribution in [2.75, 3.05) is 49.1 Å². The first-order chi connectivity index (χ1) is 12.3. The van der Waals surface area contributed by atoms with E-state index in [4.69, 9.17) is 0 Å². The molecular weight excluding hydrogens is 334 g/mol. The molecule has 4 rings (SSSR count). The fourth-order valence-corrected chi connectivity index (χ4v) is 4.14. The van der Waals surface area contributed by atoms with Gasteiger partial charge >= 0.3 is 0 Å². The first kappa shape index (κ1) is 16.3. The molecule has 2 saturated heterocycles.